The third-order valence-electron chi connectivity index (χ3n) is 3.17. The van der Waals surface area contributed by atoms with Crippen molar-refractivity contribution >= 4 is 35.8 Å². The number of carbonyl (C=O) groups excluding carboxylic acids is 1. The molecule has 104 valence electrons. The first-order valence-corrected chi connectivity index (χ1v) is 6.37. The lowest BCUT2D eigenvalue weighted by atomic mass is 9.80. The van der Waals surface area contributed by atoms with Crippen LogP contribution in [0.2, 0.25) is 5.02 Å². The minimum Gasteiger partial charge on any atom is -0.423 e. The SMILES string of the molecule is [N-]=[N+]=NCC1CC(=O)N(c2cc(B(O)O)ccc2Cl)C1. The summed E-state index contributed by atoms with van der Waals surface area (Å²) < 4.78 is 0. The Labute approximate surface area is 120 Å². The third-order valence-corrected chi connectivity index (χ3v) is 3.49. The molecule has 2 rings (SSSR count). The number of carbonyl (C=O) groups is 1. The van der Waals surface area contributed by atoms with E-state index in [4.69, 9.17) is 27.2 Å². The van der Waals surface area contributed by atoms with Gasteiger partial charge >= 0.3 is 7.12 Å². The number of benzene rings is 1. The molecule has 0 saturated carbocycles. The summed E-state index contributed by atoms with van der Waals surface area (Å²) in [6.45, 7) is 0.640. The molecule has 1 saturated heterocycles. The highest BCUT2D eigenvalue weighted by molar-refractivity contribution is 6.59. The van der Waals surface area contributed by atoms with Crippen molar-refractivity contribution in [1.29, 1.82) is 0 Å². The summed E-state index contributed by atoms with van der Waals surface area (Å²) in [5.41, 5.74) is 9.00. The first kappa shape index (κ1) is 14.7. The highest BCUT2D eigenvalue weighted by Gasteiger charge is 2.31. The van der Waals surface area contributed by atoms with Crippen molar-refractivity contribution in [2.75, 3.05) is 18.0 Å². The fourth-order valence-corrected chi connectivity index (χ4v) is 2.41. The van der Waals surface area contributed by atoms with Crippen molar-refractivity contribution in [2.24, 2.45) is 11.0 Å². The molecule has 1 fully saturated rings. The predicted octanol–water partition coefficient (Wildman–Crippen LogP) is 0.683. The van der Waals surface area contributed by atoms with Crippen LogP contribution in [0.5, 0.6) is 0 Å². The summed E-state index contributed by atoms with van der Waals surface area (Å²) in [5.74, 6) is -0.188. The zero-order valence-electron chi connectivity index (χ0n) is 10.5. The first-order chi connectivity index (χ1) is 9.52. The Morgan fingerprint density at radius 2 is 2.30 bits per heavy atom. The number of hydrogen-bond acceptors (Lipinski definition) is 4. The number of rotatable bonds is 4. The Balaban J connectivity index is 2.25. The van der Waals surface area contributed by atoms with E-state index in [-0.39, 0.29) is 30.3 Å². The summed E-state index contributed by atoms with van der Waals surface area (Å²) in [7, 11) is -1.62. The number of hydrogen-bond donors (Lipinski definition) is 2. The highest BCUT2D eigenvalue weighted by atomic mass is 35.5. The van der Waals surface area contributed by atoms with Crippen molar-refractivity contribution in [3.8, 4) is 0 Å². The number of azide groups is 1. The van der Waals surface area contributed by atoms with Crippen LogP contribution >= 0.6 is 11.6 Å². The van der Waals surface area contributed by atoms with E-state index in [0.29, 0.717) is 17.3 Å². The fourth-order valence-electron chi connectivity index (χ4n) is 2.19. The Kier molecular flexibility index (Phi) is 4.51. The molecular weight excluding hydrogens is 282 g/mol. The number of amides is 1. The maximum atomic E-state index is 12.0. The van der Waals surface area contributed by atoms with E-state index in [1.54, 1.807) is 0 Å². The van der Waals surface area contributed by atoms with Crippen LogP contribution in [0, 0.1) is 5.92 Å². The van der Waals surface area contributed by atoms with Crippen LogP contribution in [0.15, 0.2) is 23.3 Å². The molecule has 0 aromatic heterocycles. The van der Waals surface area contributed by atoms with Crippen molar-refractivity contribution in [1.82, 2.24) is 0 Å². The van der Waals surface area contributed by atoms with E-state index in [2.05, 4.69) is 10.0 Å². The topological polar surface area (TPSA) is 110 Å². The minimum absolute atomic E-state index is 0.0582. The van der Waals surface area contributed by atoms with E-state index in [9.17, 15) is 4.79 Å². The lowest BCUT2D eigenvalue weighted by molar-refractivity contribution is -0.117. The highest BCUT2D eigenvalue weighted by Crippen LogP contribution is 2.30. The van der Waals surface area contributed by atoms with Crippen LogP contribution in [0.3, 0.4) is 0 Å². The average molecular weight is 295 g/mol. The molecule has 1 aliphatic heterocycles. The number of nitrogens with zero attached hydrogens (tertiary/aromatic N) is 4. The molecule has 7 nitrogen and oxygen atoms in total. The van der Waals surface area contributed by atoms with Gasteiger partial charge in [0.05, 0.1) is 10.7 Å². The minimum atomic E-state index is -1.62. The Morgan fingerprint density at radius 3 is 2.95 bits per heavy atom. The van der Waals surface area contributed by atoms with Crippen LogP contribution in [-0.4, -0.2) is 36.2 Å². The summed E-state index contributed by atoms with van der Waals surface area (Å²) in [6.07, 6.45) is 0.279. The molecular formula is C11H12BClN4O3. The second-order valence-corrected chi connectivity index (χ2v) is 4.98. The van der Waals surface area contributed by atoms with Gasteiger partial charge in [0.25, 0.3) is 0 Å². The lowest BCUT2D eigenvalue weighted by Crippen LogP contribution is -2.32. The smallest absolute Gasteiger partial charge is 0.423 e. The van der Waals surface area contributed by atoms with Crippen LogP contribution < -0.4 is 10.4 Å². The normalized spacial score (nSPS) is 18.1. The fraction of sp³-hybridized carbons (Fsp3) is 0.364. The van der Waals surface area contributed by atoms with Crippen molar-refractivity contribution in [3.63, 3.8) is 0 Å². The molecule has 1 aliphatic rings. The number of halogens is 1. The van der Waals surface area contributed by atoms with E-state index in [1.165, 1.54) is 23.1 Å². The molecule has 1 aromatic carbocycles. The molecule has 0 spiro atoms. The quantitative estimate of drug-likeness (QED) is 0.369. The molecule has 2 N–H and O–H groups in total. The van der Waals surface area contributed by atoms with Gasteiger partial charge in [-0.05, 0) is 29.0 Å². The van der Waals surface area contributed by atoms with Gasteiger partial charge in [-0.15, -0.1) is 0 Å². The summed E-state index contributed by atoms with van der Waals surface area (Å²) >= 11 is 6.06. The molecule has 9 heteroatoms. The van der Waals surface area contributed by atoms with Gasteiger partial charge in [0.15, 0.2) is 0 Å². The zero-order valence-corrected chi connectivity index (χ0v) is 11.2. The zero-order chi connectivity index (χ0) is 14.7. The summed E-state index contributed by atoms with van der Waals surface area (Å²) in [5, 5.41) is 22.2. The molecule has 1 aromatic rings. The number of anilines is 1. The van der Waals surface area contributed by atoms with Gasteiger partial charge < -0.3 is 14.9 Å². The molecule has 1 atom stereocenters. The van der Waals surface area contributed by atoms with E-state index in [1.807, 2.05) is 0 Å². The Morgan fingerprint density at radius 1 is 1.55 bits per heavy atom. The van der Waals surface area contributed by atoms with Crippen LogP contribution in [0.4, 0.5) is 5.69 Å². The third kappa shape index (κ3) is 3.05. The van der Waals surface area contributed by atoms with Crippen molar-refractivity contribution in [2.45, 2.75) is 6.42 Å². The van der Waals surface area contributed by atoms with E-state index < -0.39 is 7.12 Å². The summed E-state index contributed by atoms with van der Waals surface area (Å²) in [4.78, 5) is 16.1. The Hall–Kier alpha value is -1.73. The molecule has 0 aliphatic carbocycles. The van der Waals surface area contributed by atoms with Gasteiger partial charge in [0, 0.05) is 24.4 Å². The predicted molar refractivity (Wildman–Crippen MR) is 75.8 cm³/mol. The van der Waals surface area contributed by atoms with Crippen molar-refractivity contribution < 1.29 is 14.8 Å². The van der Waals surface area contributed by atoms with Gasteiger partial charge in [-0.1, -0.05) is 22.8 Å². The van der Waals surface area contributed by atoms with E-state index in [0.717, 1.165) is 0 Å². The van der Waals surface area contributed by atoms with Crippen LogP contribution in [0.25, 0.3) is 10.4 Å². The van der Waals surface area contributed by atoms with Gasteiger partial charge in [-0.25, -0.2) is 0 Å². The molecule has 0 radical (unpaired) electrons. The monoisotopic (exact) mass is 294 g/mol. The maximum absolute atomic E-state index is 12.0. The standard InChI is InChI=1S/C11H12BClN4O3/c13-9-2-1-8(12(19)20)4-10(9)17-6-7(3-11(17)18)5-15-16-14/h1-2,4,7,19-20H,3,5-6H2. The van der Waals surface area contributed by atoms with Gasteiger partial charge in [-0.3, -0.25) is 4.79 Å². The Bertz CT molecular complexity index is 577. The van der Waals surface area contributed by atoms with E-state index >= 15 is 0 Å². The molecule has 1 amide bonds. The van der Waals surface area contributed by atoms with Crippen molar-refractivity contribution in [3.05, 3.63) is 33.7 Å². The molecule has 1 heterocycles. The average Bonchev–Trinajstić information content (AvgIpc) is 2.77. The molecule has 0 bridgehead atoms. The second-order valence-electron chi connectivity index (χ2n) is 4.57. The van der Waals surface area contributed by atoms with Gasteiger partial charge in [0.2, 0.25) is 5.91 Å². The van der Waals surface area contributed by atoms with Crippen LogP contribution in [0.1, 0.15) is 6.42 Å². The second kappa shape index (κ2) is 6.15. The molecule has 20 heavy (non-hydrogen) atoms. The maximum Gasteiger partial charge on any atom is 0.488 e. The van der Waals surface area contributed by atoms with Gasteiger partial charge in [0.1, 0.15) is 0 Å². The lowest BCUT2D eigenvalue weighted by Gasteiger charge is -2.19. The molecule has 1 unspecified atom stereocenters. The van der Waals surface area contributed by atoms with Gasteiger partial charge in [-0.2, -0.15) is 0 Å². The van der Waals surface area contributed by atoms with Crippen LogP contribution in [-0.2, 0) is 4.79 Å². The largest absolute Gasteiger partial charge is 0.488 e. The first-order valence-electron chi connectivity index (χ1n) is 5.99. The summed E-state index contributed by atoms with van der Waals surface area (Å²) in [6, 6.07) is 4.47.